The van der Waals surface area contributed by atoms with Crippen molar-refractivity contribution in [1.29, 1.82) is 0 Å². The number of carbonyl (C=O) groups is 1. The third-order valence-electron chi connectivity index (χ3n) is 5.47. The molecule has 1 aliphatic rings. The topological polar surface area (TPSA) is 46.1 Å². The van der Waals surface area contributed by atoms with E-state index in [0.29, 0.717) is 11.6 Å². The lowest BCUT2D eigenvalue weighted by Crippen LogP contribution is -2.38. The van der Waals surface area contributed by atoms with Crippen LogP contribution in [0.25, 0.3) is 0 Å². The molecule has 3 heterocycles. The fraction of sp³-hybridized carbons (Fsp3) is 0.292. The summed E-state index contributed by atoms with van der Waals surface area (Å²) in [6, 6.07) is 17.8. The van der Waals surface area contributed by atoms with Crippen LogP contribution in [0.15, 0.2) is 60.8 Å². The van der Waals surface area contributed by atoms with E-state index in [4.69, 9.17) is 16.6 Å². The number of amides is 1. The molecule has 0 saturated carbocycles. The second-order valence-corrected chi connectivity index (χ2v) is 8.00. The standard InChI is InChI=1S/C24H24ClN3O/c1-17-14-18(15-20-6-2-3-7-21(20)25)16-23(27-17)19-9-12-28(13-10-19)24(29)22-8-4-5-11-26-22/h2-8,11,14,16,19H,9-10,12-13,15H2,1H3. The number of hydrogen-bond acceptors (Lipinski definition) is 3. The van der Waals surface area contributed by atoms with Crippen molar-refractivity contribution in [3.63, 3.8) is 0 Å². The Morgan fingerprint density at radius 3 is 2.59 bits per heavy atom. The fourth-order valence-electron chi connectivity index (χ4n) is 3.97. The van der Waals surface area contributed by atoms with Gasteiger partial charge in [-0.05, 0) is 67.6 Å². The molecular formula is C24H24ClN3O. The van der Waals surface area contributed by atoms with Crippen molar-refractivity contribution in [2.24, 2.45) is 0 Å². The molecule has 29 heavy (non-hydrogen) atoms. The third-order valence-corrected chi connectivity index (χ3v) is 5.84. The Hall–Kier alpha value is -2.72. The Labute approximate surface area is 176 Å². The first-order valence-corrected chi connectivity index (χ1v) is 10.4. The van der Waals surface area contributed by atoms with Gasteiger partial charge in [0.05, 0.1) is 0 Å². The highest BCUT2D eigenvalue weighted by Crippen LogP contribution is 2.29. The molecule has 1 aliphatic heterocycles. The number of hydrogen-bond donors (Lipinski definition) is 0. The third kappa shape index (κ3) is 4.65. The van der Waals surface area contributed by atoms with Crippen LogP contribution in [0.3, 0.4) is 0 Å². The minimum absolute atomic E-state index is 0.0145. The lowest BCUT2D eigenvalue weighted by molar-refractivity contribution is 0.0706. The van der Waals surface area contributed by atoms with Crippen LogP contribution in [0.2, 0.25) is 5.02 Å². The first-order valence-electron chi connectivity index (χ1n) is 10.0. The predicted octanol–water partition coefficient (Wildman–Crippen LogP) is 5.05. The van der Waals surface area contributed by atoms with E-state index in [2.05, 4.69) is 23.2 Å². The van der Waals surface area contributed by atoms with Crippen LogP contribution in [0.1, 0.15) is 51.8 Å². The molecule has 1 amide bonds. The van der Waals surface area contributed by atoms with Crippen molar-refractivity contribution in [1.82, 2.24) is 14.9 Å². The number of halogens is 1. The zero-order valence-corrected chi connectivity index (χ0v) is 17.3. The summed E-state index contributed by atoms with van der Waals surface area (Å²) in [6.45, 7) is 3.50. The Balaban J connectivity index is 1.45. The summed E-state index contributed by atoms with van der Waals surface area (Å²) >= 11 is 6.34. The van der Waals surface area contributed by atoms with E-state index in [1.807, 2.05) is 42.2 Å². The van der Waals surface area contributed by atoms with Crippen LogP contribution >= 0.6 is 11.6 Å². The van der Waals surface area contributed by atoms with Crippen molar-refractivity contribution in [2.45, 2.75) is 32.1 Å². The number of aromatic nitrogens is 2. The van der Waals surface area contributed by atoms with E-state index in [1.54, 1.807) is 12.3 Å². The average Bonchev–Trinajstić information content (AvgIpc) is 2.75. The van der Waals surface area contributed by atoms with Gasteiger partial charge in [-0.1, -0.05) is 35.9 Å². The zero-order chi connectivity index (χ0) is 20.2. The molecule has 0 spiro atoms. The van der Waals surface area contributed by atoms with Gasteiger partial charge in [0.15, 0.2) is 0 Å². The molecule has 0 radical (unpaired) electrons. The molecule has 3 aromatic rings. The lowest BCUT2D eigenvalue weighted by Gasteiger charge is -2.31. The fourth-order valence-corrected chi connectivity index (χ4v) is 4.17. The van der Waals surface area contributed by atoms with Gasteiger partial charge < -0.3 is 4.90 Å². The van der Waals surface area contributed by atoms with E-state index in [0.717, 1.165) is 54.3 Å². The van der Waals surface area contributed by atoms with Crippen molar-refractivity contribution in [3.05, 3.63) is 94.0 Å². The summed E-state index contributed by atoms with van der Waals surface area (Å²) in [7, 11) is 0. The molecule has 2 aromatic heterocycles. The molecule has 5 heteroatoms. The maximum Gasteiger partial charge on any atom is 0.272 e. The summed E-state index contributed by atoms with van der Waals surface area (Å²) < 4.78 is 0. The van der Waals surface area contributed by atoms with Gasteiger partial charge in [0.2, 0.25) is 0 Å². The summed E-state index contributed by atoms with van der Waals surface area (Å²) in [6.07, 6.45) is 4.30. The lowest BCUT2D eigenvalue weighted by atomic mass is 9.91. The summed E-state index contributed by atoms with van der Waals surface area (Å²) in [4.78, 5) is 23.5. The van der Waals surface area contributed by atoms with E-state index in [1.165, 1.54) is 5.56 Å². The molecule has 0 N–H and O–H groups in total. The second kappa shape index (κ2) is 8.75. The summed E-state index contributed by atoms with van der Waals surface area (Å²) in [5.74, 6) is 0.383. The van der Waals surface area contributed by atoms with Crippen LogP contribution in [0.5, 0.6) is 0 Å². The highest BCUT2D eigenvalue weighted by atomic mass is 35.5. The Kier molecular flexibility index (Phi) is 5.91. The summed E-state index contributed by atoms with van der Waals surface area (Å²) in [5, 5.41) is 0.796. The van der Waals surface area contributed by atoms with Crippen molar-refractivity contribution < 1.29 is 4.79 Å². The van der Waals surface area contributed by atoms with Gasteiger partial charge in [-0.2, -0.15) is 0 Å². The van der Waals surface area contributed by atoms with Gasteiger partial charge in [-0.15, -0.1) is 0 Å². The average molecular weight is 406 g/mol. The number of piperidine rings is 1. The number of rotatable bonds is 4. The van der Waals surface area contributed by atoms with Gasteiger partial charge in [0, 0.05) is 41.6 Å². The van der Waals surface area contributed by atoms with Gasteiger partial charge in [-0.25, -0.2) is 0 Å². The molecule has 4 nitrogen and oxygen atoms in total. The van der Waals surface area contributed by atoms with E-state index < -0.39 is 0 Å². The van der Waals surface area contributed by atoms with Gasteiger partial charge in [0.1, 0.15) is 5.69 Å². The van der Waals surface area contributed by atoms with Crippen LogP contribution in [0, 0.1) is 6.92 Å². The smallest absolute Gasteiger partial charge is 0.272 e. The maximum absolute atomic E-state index is 12.6. The minimum Gasteiger partial charge on any atom is -0.337 e. The van der Waals surface area contributed by atoms with Gasteiger partial charge >= 0.3 is 0 Å². The van der Waals surface area contributed by atoms with Crippen molar-refractivity contribution >= 4 is 17.5 Å². The summed E-state index contributed by atoms with van der Waals surface area (Å²) in [5.41, 5.74) is 5.02. The number of aryl methyl sites for hydroxylation is 1. The van der Waals surface area contributed by atoms with Gasteiger partial charge in [-0.3, -0.25) is 14.8 Å². The molecular weight excluding hydrogens is 382 g/mol. The Morgan fingerprint density at radius 2 is 1.86 bits per heavy atom. The second-order valence-electron chi connectivity index (χ2n) is 7.59. The quantitative estimate of drug-likeness (QED) is 0.610. The molecule has 0 unspecified atom stereocenters. The number of benzene rings is 1. The monoisotopic (exact) mass is 405 g/mol. The first kappa shape index (κ1) is 19.6. The zero-order valence-electron chi connectivity index (χ0n) is 16.5. The Bertz CT molecular complexity index is 998. The van der Waals surface area contributed by atoms with Crippen LogP contribution in [-0.4, -0.2) is 33.9 Å². The highest BCUT2D eigenvalue weighted by Gasteiger charge is 2.26. The minimum atomic E-state index is 0.0145. The number of carbonyl (C=O) groups excluding carboxylic acids is 1. The van der Waals surface area contributed by atoms with Crippen LogP contribution < -0.4 is 0 Å². The number of likely N-dealkylation sites (tertiary alicyclic amines) is 1. The molecule has 0 atom stereocenters. The molecule has 148 valence electrons. The normalized spacial score (nSPS) is 14.8. The maximum atomic E-state index is 12.6. The molecule has 0 bridgehead atoms. The number of nitrogens with zero attached hydrogens (tertiary/aromatic N) is 3. The highest BCUT2D eigenvalue weighted by molar-refractivity contribution is 6.31. The number of pyridine rings is 2. The van der Waals surface area contributed by atoms with E-state index in [9.17, 15) is 4.79 Å². The molecule has 1 aromatic carbocycles. The van der Waals surface area contributed by atoms with Crippen LogP contribution in [-0.2, 0) is 6.42 Å². The molecule has 1 saturated heterocycles. The van der Waals surface area contributed by atoms with E-state index >= 15 is 0 Å². The Morgan fingerprint density at radius 1 is 1.10 bits per heavy atom. The largest absolute Gasteiger partial charge is 0.337 e. The molecule has 4 rings (SSSR count). The molecule has 0 aliphatic carbocycles. The SMILES string of the molecule is Cc1cc(Cc2ccccc2Cl)cc(C2CCN(C(=O)c3ccccn3)CC2)n1. The van der Waals surface area contributed by atoms with E-state index in [-0.39, 0.29) is 5.91 Å². The van der Waals surface area contributed by atoms with Crippen molar-refractivity contribution in [2.75, 3.05) is 13.1 Å². The van der Waals surface area contributed by atoms with Crippen molar-refractivity contribution in [3.8, 4) is 0 Å². The van der Waals surface area contributed by atoms with Crippen LogP contribution in [0.4, 0.5) is 0 Å². The first-order chi connectivity index (χ1) is 14.1. The predicted molar refractivity (Wildman–Crippen MR) is 115 cm³/mol. The molecule has 1 fully saturated rings. The van der Waals surface area contributed by atoms with Gasteiger partial charge in [0.25, 0.3) is 5.91 Å².